The molecule has 1 atom stereocenters. The third-order valence-corrected chi connectivity index (χ3v) is 7.92. The summed E-state index contributed by atoms with van der Waals surface area (Å²) in [6.07, 6.45) is 1.12. The highest BCUT2D eigenvalue weighted by atomic mass is 35.5. The lowest BCUT2D eigenvalue weighted by Gasteiger charge is -2.34. The Morgan fingerprint density at radius 2 is 1.60 bits per heavy atom. The normalized spacial score (nSPS) is 12.2. The SMILES string of the molecule is CC(C)CNC(=O)C(Cc1ccccc1)N(Cc1ccccc1Cl)C(=O)CN(c1ccc(F)c(Cl)c1)S(C)(=O)=O. The van der Waals surface area contributed by atoms with Crippen LogP contribution in [-0.2, 0) is 32.6 Å². The van der Waals surface area contributed by atoms with Crippen LogP contribution < -0.4 is 9.62 Å². The van der Waals surface area contributed by atoms with Gasteiger partial charge in [-0.3, -0.25) is 13.9 Å². The minimum absolute atomic E-state index is 0.0174. The molecule has 0 saturated carbocycles. The standard InChI is InChI=1S/C29H32Cl2FN3O4S/c1-20(2)17-33-29(37)27(15-21-9-5-4-6-10-21)34(18-22-11-7-8-12-24(22)30)28(36)19-35(40(3,38)39)23-13-14-26(32)25(31)16-23/h4-14,16,20,27H,15,17-19H2,1-3H3,(H,33,37). The van der Waals surface area contributed by atoms with Gasteiger partial charge in [-0.1, -0.05) is 85.6 Å². The van der Waals surface area contributed by atoms with E-state index in [9.17, 15) is 22.4 Å². The van der Waals surface area contributed by atoms with Crippen molar-refractivity contribution in [3.63, 3.8) is 0 Å². The highest BCUT2D eigenvalue weighted by Crippen LogP contribution is 2.26. The van der Waals surface area contributed by atoms with Gasteiger partial charge in [-0.15, -0.1) is 0 Å². The fourth-order valence-electron chi connectivity index (χ4n) is 4.04. The molecule has 0 aliphatic heterocycles. The Kier molecular flexibility index (Phi) is 11.0. The number of rotatable bonds is 12. The zero-order valence-electron chi connectivity index (χ0n) is 22.5. The second kappa shape index (κ2) is 14.0. The zero-order chi connectivity index (χ0) is 29.4. The molecule has 0 aliphatic carbocycles. The first-order valence-corrected chi connectivity index (χ1v) is 15.2. The van der Waals surface area contributed by atoms with E-state index in [2.05, 4.69) is 5.32 Å². The van der Waals surface area contributed by atoms with Crippen LogP contribution in [0.25, 0.3) is 0 Å². The first kappa shape index (κ1) is 31.4. The van der Waals surface area contributed by atoms with Crippen LogP contribution in [0, 0.1) is 11.7 Å². The number of hydrogen-bond donors (Lipinski definition) is 1. The third kappa shape index (κ3) is 8.68. The number of halogens is 3. The Labute approximate surface area is 244 Å². The van der Waals surface area contributed by atoms with Gasteiger partial charge in [0.25, 0.3) is 0 Å². The van der Waals surface area contributed by atoms with Gasteiger partial charge in [-0.25, -0.2) is 12.8 Å². The van der Waals surface area contributed by atoms with Crippen LogP contribution in [0.3, 0.4) is 0 Å². The molecule has 0 saturated heterocycles. The Morgan fingerprint density at radius 1 is 0.950 bits per heavy atom. The number of amides is 2. The van der Waals surface area contributed by atoms with E-state index in [0.29, 0.717) is 17.1 Å². The van der Waals surface area contributed by atoms with Crippen LogP contribution in [0.4, 0.5) is 10.1 Å². The first-order chi connectivity index (χ1) is 18.9. The third-order valence-electron chi connectivity index (χ3n) is 6.12. The Bertz CT molecular complexity index is 1440. The van der Waals surface area contributed by atoms with Gasteiger partial charge in [0.05, 0.1) is 17.0 Å². The lowest BCUT2D eigenvalue weighted by Crippen LogP contribution is -2.53. The molecule has 40 heavy (non-hydrogen) atoms. The number of carbonyl (C=O) groups excluding carboxylic acids is 2. The van der Waals surface area contributed by atoms with Crippen molar-refractivity contribution < 1.29 is 22.4 Å². The van der Waals surface area contributed by atoms with Crippen LogP contribution in [0.1, 0.15) is 25.0 Å². The lowest BCUT2D eigenvalue weighted by molar-refractivity contribution is -0.140. The molecule has 3 aromatic carbocycles. The summed E-state index contributed by atoms with van der Waals surface area (Å²) in [5.74, 6) is -1.59. The Balaban J connectivity index is 2.07. The van der Waals surface area contributed by atoms with Crippen molar-refractivity contribution in [2.75, 3.05) is 23.7 Å². The summed E-state index contributed by atoms with van der Waals surface area (Å²) in [6.45, 7) is 3.61. The Morgan fingerprint density at radius 3 is 2.20 bits per heavy atom. The van der Waals surface area contributed by atoms with E-state index in [-0.39, 0.29) is 35.5 Å². The summed E-state index contributed by atoms with van der Waals surface area (Å²) in [6, 6.07) is 18.6. The fraction of sp³-hybridized carbons (Fsp3) is 0.310. The molecule has 7 nitrogen and oxygen atoms in total. The molecule has 0 radical (unpaired) electrons. The number of hydrogen-bond acceptors (Lipinski definition) is 4. The van der Waals surface area contributed by atoms with Crippen molar-refractivity contribution >= 4 is 50.7 Å². The predicted molar refractivity (Wildman–Crippen MR) is 157 cm³/mol. The molecule has 1 N–H and O–H groups in total. The van der Waals surface area contributed by atoms with Crippen molar-refractivity contribution in [1.29, 1.82) is 0 Å². The highest BCUT2D eigenvalue weighted by molar-refractivity contribution is 7.92. The summed E-state index contributed by atoms with van der Waals surface area (Å²) in [4.78, 5) is 28.9. The molecule has 0 spiro atoms. The van der Waals surface area contributed by atoms with Crippen molar-refractivity contribution in [1.82, 2.24) is 10.2 Å². The van der Waals surface area contributed by atoms with E-state index < -0.39 is 34.3 Å². The van der Waals surface area contributed by atoms with Crippen molar-refractivity contribution in [3.05, 3.63) is 99.8 Å². The van der Waals surface area contributed by atoms with Gasteiger partial charge in [-0.2, -0.15) is 0 Å². The molecule has 0 heterocycles. The number of anilines is 1. The molecule has 1 unspecified atom stereocenters. The van der Waals surface area contributed by atoms with Gasteiger partial charge in [0.15, 0.2) is 0 Å². The summed E-state index contributed by atoms with van der Waals surface area (Å²) in [5.41, 5.74) is 1.42. The number of benzene rings is 3. The van der Waals surface area contributed by atoms with Gasteiger partial charge >= 0.3 is 0 Å². The number of nitrogens with one attached hydrogen (secondary N) is 1. The second-order valence-corrected chi connectivity index (χ2v) is 12.5. The summed E-state index contributed by atoms with van der Waals surface area (Å²) in [7, 11) is -4.01. The van der Waals surface area contributed by atoms with E-state index in [1.807, 2.05) is 44.2 Å². The molecular formula is C29H32Cl2FN3O4S. The van der Waals surface area contributed by atoms with Gasteiger partial charge in [0, 0.05) is 24.5 Å². The molecule has 0 bridgehead atoms. The number of carbonyl (C=O) groups is 2. The molecule has 11 heteroatoms. The van der Waals surface area contributed by atoms with Gasteiger partial charge in [0.2, 0.25) is 21.8 Å². The average molecular weight is 609 g/mol. The minimum Gasteiger partial charge on any atom is -0.354 e. The molecule has 2 amide bonds. The molecular weight excluding hydrogens is 576 g/mol. The van der Waals surface area contributed by atoms with E-state index in [1.54, 1.807) is 24.3 Å². The summed E-state index contributed by atoms with van der Waals surface area (Å²) in [5, 5.41) is 3.02. The first-order valence-electron chi connectivity index (χ1n) is 12.6. The minimum atomic E-state index is -4.01. The smallest absolute Gasteiger partial charge is 0.244 e. The molecule has 3 aromatic rings. The van der Waals surface area contributed by atoms with E-state index in [0.717, 1.165) is 28.3 Å². The maximum atomic E-state index is 14.0. The average Bonchev–Trinajstić information content (AvgIpc) is 2.90. The largest absolute Gasteiger partial charge is 0.354 e. The Hall–Kier alpha value is -3.14. The summed E-state index contributed by atoms with van der Waals surface area (Å²) < 4.78 is 40.2. The number of sulfonamides is 1. The van der Waals surface area contributed by atoms with Gasteiger partial charge < -0.3 is 10.2 Å². The van der Waals surface area contributed by atoms with E-state index in [1.165, 1.54) is 11.0 Å². The lowest BCUT2D eigenvalue weighted by atomic mass is 10.0. The predicted octanol–water partition coefficient (Wildman–Crippen LogP) is 5.31. The second-order valence-electron chi connectivity index (χ2n) is 9.83. The fourth-order valence-corrected chi connectivity index (χ4v) is 5.25. The van der Waals surface area contributed by atoms with E-state index >= 15 is 0 Å². The molecule has 214 valence electrons. The van der Waals surface area contributed by atoms with Crippen LogP contribution in [-0.4, -0.2) is 50.5 Å². The zero-order valence-corrected chi connectivity index (χ0v) is 24.8. The summed E-state index contributed by atoms with van der Waals surface area (Å²) >= 11 is 12.3. The van der Waals surface area contributed by atoms with Gasteiger partial charge in [0.1, 0.15) is 18.4 Å². The molecule has 3 rings (SSSR count). The van der Waals surface area contributed by atoms with E-state index in [4.69, 9.17) is 23.2 Å². The molecule has 0 aliphatic rings. The van der Waals surface area contributed by atoms with Crippen LogP contribution in [0.15, 0.2) is 72.8 Å². The topological polar surface area (TPSA) is 86.8 Å². The monoisotopic (exact) mass is 607 g/mol. The van der Waals surface area contributed by atoms with Crippen LogP contribution >= 0.6 is 23.2 Å². The van der Waals surface area contributed by atoms with Crippen LogP contribution in [0.5, 0.6) is 0 Å². The maximum absolute atomic E-state index is 14.0. The van der Waals surface area contributed by atoms with Crippen molar-refractivity contribution in [2.45, 2.75) is 32.9 Å². The number of nitrogens with zero attached hydrogens (tertiary/aromatic N) is 2. The van der Waals surface area contributed by atoms with Crippen molar-refractivity contribution in [3.8, 4) is 0 Å². The van der Waals surface area contributed by atoms with Crippen molar-refractivity contribution in [2.24, 2.45) is 5.92 Å². The van der Waals surface area contributed by atoms with Crippen LogP contribution in [0.2, 0.25) is 10.0 Å². The quantitative estimate of drug-likeness (QED) is 0.302. The molecule has 0 aromatic heterocycles. The molecule has 0 fully saturated rings. The van der Waals surface area contributed by atoms with Gasteiger partial charge in [-0.05, 0) is 41.3 Å². The highest BCUT2D eigenvalue weighted by Gasteiger charge is 2.33. The maximum Gasteiger partial charge on any atom is 0.244 e.